The van der Waals surface area contributed by atoms with Crippen molar-refractivity contribution in [3.63, 3.8) is 0 Å². The molecule has 2 aromatic rings. The maximum absolute atomic E-state index is 12.2. The highest BCUT2D eigenvalue weighted by atomic mass is 32.1. The third kappa shape index (κ3) is 3.58. The van der Waals surface area contributed by atoms with E-state index >= 15 is 0 Å². The highest BCUT2D eigenvalue weighted by Gasteiger charge is 2.19. The first-order chi connectivity index (χ1) is 9.90. The summed E-state index contributed by atoms with van der Waals surface area (Å²) in [5.41, 5.74) is 0.739. The molecule has 2 heterocycles. The monoisotopic (exact) mass is 306 g/mol. The van der Waals surface area contributed by atoms with Crippen LogP contribution in [0.2, 0.25) is 0 Å². The molecule has 0 unspecified atom stereocenters. The van der Waals surface area contributed by atoms with Crippen molar-refractivity contribution in [3.05, 3.63) is 49.5 Å². The third-order valence-corrected chi connectivity index (χ3v) is 4.36. The quantitative estimate of drug-likeness (QED) is 0.942. The van der Waals surface area contributed by atoms with Gasteiger partial charge in [-0.3, -0.25) is 9.59 Å². The summed E-state index contributed by atoms with van der Waals surface area (Å²) in [6.07, 6.45) is 0.716. The lowest BCUT2D eigenvalue weighted by atomic mass is 10.2. The van der Waals surface area contributed by atoms with E-state index in [1.165, 1.54) is 12.1 Å². The second-order valence-electron chi connectivity index (χ2n) is 4.90. The standard InChI is InChI=1S/C15H18N2O3S/c1-5-12(15-16-9(3)10(4)21-15)17-14(19)13-7-11(18)6-8(2)20-13/h6-7,12H,5H2,1-4H3,(H,17,19)/t12-/m0/s1. The molecule has 0 aliphatic carbocycles. The number of carbonyl (C=O) groups is 1. The second kappa shape index (κ2) is 6.22. The van der Waals surface area contributed by atoms with E-state index < -0.39 is 5.91 Å². The molecule has 1 N–H and O–H groups in total. The van der Waals surface area contributed by atoms with E-state index in [2.05, 4.69) is 10.3 Å². The number of rotatable bonds is 4. The molecule has 0 bridgehead atoms. The van der Waals surface area contributed by atoms with Crippen LogP contribution in [0, 0.1) is 20.8 Å². The van der Waals surface area contributed by atoms with E-state index in [1.807, 2.05) is 20.8 Å². The molecule has 0 aliphatic heterocycles. The van der Waals surface area contributed by atoms with Crippen molar-refractivity contribution in [2.75, 3.05) is 0 Å². The lowest BCUT2D eigenvalue weighted by molar-refractivity contribution is 0.0903. The van der Waals surface area contributed by atoms with E-state index in [1.54, 1.807) is 18.3 Å². The lowest BCUT2D eigenvalue weighted by Gasteiger charge is -2.14. The van der Waals surface area contributed by atoms with Gasteiger partial charge in [0, 0.05) is 17.0 Å². The van der Waals surface area contributed by atoms with Gasteiger partial charge in [-0.15, -0.1) is 11.3 Å². The van der Waals surface area contributed by atoms with Gasteiger partial charge in [-0.25, -0.2) is 4.98 Å². The molecule has 2 rings (SSSR count). The minimum Gasteiger partial charge on any atom is -0.456 e. The fourth-order valence-corrected chi connectivity index (χ4v) is 2.99. The van der Waals surface area contributed by atoms with E-state index in [-0.39, 0.29) is 17.2 Å². The molecule has 0 radical (unpaired) electrons. The Hall–Kier alpha value is -1.95. The van der Waals surface area contributed by atoms with Gasteiger partial charge in [0.15, 0.2) is 11.2 Å². The van der Waals surface area contributed by atoms with Gasteiger partial charge in [-0.05, 0) is 27.2 Å². The third-order valence-electron chi connectivity index (χ3n) is 3.17. The predicted octanol–water partition coefficient (Wildman–Crippen LogP) is 2.90. The number of aromatic nitrogens is 1. The van der Waals surface area contributed by atoms with Crippen molar-refractivity contribution in [1.29, 1.82) is 0 Å². The predicted molar refractivity (Wildman–Crippen MR) is 81.8 cm³/mol. The SMILES string of the molecule is CC[C@H](NC(=O)c1cc(=O)cc(C)o1)c1nc(C)c(C)s1. The average molecular weight is 306 g/mol. The Morgan fingerprint density at radius 1 is 1.38 bits per heavy atom. The first kappa shape index (κ1) is 15.4. The van der Waals surface area contributed by atoms with Crippen molar-refractivity contribution < 1.29 is 9.21 Å². The summed E-state index contributed by atoms with van der Waals surface area (Å²) in [7, 11) is 0. The largest absolute Gasteiger partial charge is 0.456 e. The Labute approximate surface area is 127 Å². The van der Waals surface area contributed by atoms with Crippen LogP contribution in [-0.2, 0) is 0 Å². The molecule has 0 aromatic carbocycles. The number of thiazole rings is 1. The van der Waals surface area contributed by atoms with Crippen molar-refractivity contribution in [2.24, 2.45) is 0 Å². The molecule has 2 aromatic heterocycles. The molecule has 5 nitrogen and oxygen atoms in total. The highest BCUT2D eigenvalue weighted by Crippen LogP contribution is 2.25. The van der Waals surface area contributed by atoms with Crippen molar-refractivity contribution in [2.45, 2.75) is 40.2 Å². The number of hydrogen-bond donors (Lipinski definition) is 1. The summed E-state index contributed by atoms with van der Waals surface area (Å²) < 4.78 is 5.30. The maximum Gasteiger partial charge on any atom is 0.287 e. The lowest BCUT2D eigenvalue weighted by Crippen LogP contribution is -2.28. The molecular formula is C15H18N2O3S. The van der Waals surface area contributed by atoms with Crippen LogP contribution < -0.4 is 10.7 Å². The van der Waals surface area contributed by atoms with Crippen molar-refractivity contribution in [1.82, 2.24) is 10.3 Å². The zero-order valence-electron chi connectivity index (χ0n) is 12.5. The first-order valence-corrected chi connectivity index (χ1v) is 7.59. The Kier molecular flexibility index (Phi) is 4.57. The molecule has 0 aliphatic rings. The summed E-state index contributed by atoms with van der Waals surface area (Å²) in [5.74, 6) is 0.0539. The van der Waals surface area contributed by atoms with Gasteiger partial charge in [0.1, 0.15) is 10.8 Å². The Balaban J connectivity index is 2.21. The summed E-state index contributed by atoms with van der Waals surface area (Å²) in [5, 5.41) is 3.74. The minimum atomic E-state index is -0.395. The number of aryl methyl sites for hydroxylation is 3. The summed E-state index contributed by atoms with van der Waals surface area (Å²) >= 11 is 1.57. The van der Waals surface area contributed by atoms with Gasteiger partial charge in [-0.1, -0.05) is 6.92 Å². The summed E-state index contributed by atoms with van der Waals surface area (Å²) in [4.78, 5) is 29.3. The molecule has 0 saturated carbocycles. The fraction of sp³-hybridized carbons (Fsp3) is 0.400. The maximum atomic E-state index is 12.2. The van der Waals surface area contributed by atoms with E-state index in [0.29, 0.717) is 12.2 Å². The number of amides is 1. The van der Waals surface area contributed by atoms with Crippen LogP contribution in [0.3, 0.4) is 0 Å². The normalized spacial score (nSPS) is 12.2. The van der Waals surface area contributed by atoms with Crippen LogP contribution in [0.15, 0.2) is 21.3 Å². The minimum absolute atomic E-state index is 0.0310. The summed E-state index contributed by atoms with van der Waals surface area (Å²) in [6.45, 7) is 7.57. The van der Waals surface area contributed by atoms with E-state index in [0.717, 1.165) is 15.6 Å². The van der Waals surface area contributed by atoms with Gasteiger partial charge < -0.3 is 9.73 Å². The topological polar surface area (TPSA) is 72.2 Å². The number of nitrogens with one attached hydrogen (secondary N) is 1. The van der Waals surface area contributed by atoms with Gasteiger partial charge >= 0.3 is 0 Å². The highest BCUT2D eigenvalue weighted by molar-refractivity contribution is 7.11. The molecule has 0 saturated heterocycles. The van der Waals surface area contributed by atoms with Crippen LogP contribution in [0.5, 0.6) is 0 Å². The molecular weight excluding hydrogens is 288 g/mol. The first-order valence-electron chi connectivity index (χ1n) is 6.77. The van der Waals surface area contributed by atoms with Gasteiger partial charge in [-0.2, -0.15) is 0 Å². The van der Waals surface area contributed by atoms with Crippen LogP contribution >= 0.6 is 11.3 Å². The average Bonchev–Trinajstić information content (AvgIpc) is 2.74. The molecule has 0 fully saturated rings. The molecule has 0 spiro atoms. The van der Waals surface area contributed by atoms with Crippen LogP contribution in [0.4, 0.5) is 0 Å². The Morgan fingerprint density at radius 3 is 2.62 bits per heavy atom. The molecule has 6 heteroatoms. The van der Waals surface area contributed by atoms with Gasteiger partial charge in [0.25, 0.3) is 5.91 Å². The Morgan fingerprint density at radius 2 is 2.10 bits per heavy atom. The molecule has 21 heavy (non-hydrogen) atoms. The number of carbonyl (C=O) groups excluding carboxylic acids is 1. The van der Waals surface area contributed by atoms with Crippen molar-refractivity contribution in [3.8, 4) is 0 Å². The zero-order valence-corrected chi connectivity index (χ0v) is 13.3. The van der Waals surface area contributed by atoms with Crippen LogP contribution in [0.1, 0.15) is 51.3 Å². The van der Waals surface area contributed by atoms with Crippen LogP contribution in [-0.4, -0.2) is 10.9 Å². The molecule has 112 valence electrons. The smallest absolute Gasteiger partial charge is 0.287 e. The van der Waals surface area contributed by atoms with Crippen molar-refractivity contribution >= 4 is 17.2 Å². The summed E-state index contributed by atoms with van der Waals surface area (Å²) in [6, 6.07) is 2.37. The molecule has 1 atom stereocenters. The Bertz CT molecular complexity index is 698. The van der Waals surface area contributed by atoms with Crippen LogP contribution in [0.25, 0.3) is 0 Å². The number of hydrogen-bond acceptors (Lipinski definition) is 5. The van der Waals surface area contributed by atoms with E-state index in [4.69, 9.17) is 4.42 Å². The number of nitrogens with zero attached hydrogens (tertiary/aromatic N) is 1. The fourth-order valence-electron chi connectivity index (χ4n) is 1.93. The van der Waals surface area contributed by atoms with Gasteiger partial charge in [0.2, 0.25) is 0 Å². The zero-order chi connectivity index (χ0) is 15.6. The van der Waals surface area contributed by atoms with Gasteiger partial charge in [0.05, 0.1) is 11.7 Å². The second-order valence-corrected chi connectivity index (χ2v) is 6.13. The molecule has 1 amide bonds. The van der Waals surface area contributed by atoms with E-state index in [9.17, 15) is 9.59 Å².